The zero-order chi connectivity index (χ0) is 13.1. The van der Waals surface area contributed by atoms with E-state index < -0.39 is 5.97 Å². The summed E-state index contributed by atoms with van der Waals surface area (Å²) in [5.74, 6) is -0.0622. The molecule has 6 heteroatoms. The molecular formula is C12H14N2O3S. The van der Waals surface area contributed by atoms with Crippen LogP contribution in [0.15, 0.2) is 18.2 Å². The molecule has 2 aromatic rings. The number of rotatable bonds is 5. The van der Waals surface area contributed by atoms with Crippen LogP contribution in [0.3, 0.4) is 0 Å². The van der Waals surface area contributed by atoms with Gasteiger partial charge in [0.15, 0.2) is 5.13 Å². The van der Waals surface area contributed by atoms with Crippen LogP contribution < -0.4 is 9.64 Å². The summed E-state index contributed by atoms with van der Waals surface area (Å²) in [5.41, 5.74) is 0.857. The van der Waals surface area contributed by atoms with Gasteiger partial charge in [0.1, 0.15) is 12.3 Å². The minimum Gasteiger partial charge on any atom is -0.494 e. The molecule has 0 aliphatic rings. The van der Waals surface area contributed by atoms with Crippen molar-refractivity contribution in [2.45, 2.75) is 6.92 Å². The van der Waals surface area contributed by atoms with Crippen molar-refractivity contribution in [2.24, 2.45) is 0 Å². The van der Waals surface area contributed by atoms with Gasteiger partial charge in [-0.05, 0) is 25.1 Å². The minimum atomic E-state index is -0.869. The maximum atomic E-state index is 10.7. The SMILES string of the molecule is CCOc1ccc2nc(N(C)CC(=O)O)sc2c1. The Bertz CT molecular complexity index is 567. The molecule has 1 heterocycles. The Balaban J connectivity index is 2.29. The number of carboxylic acids is 1. The number of hydrogen-bond donors (Lipinski definition) is 1. The zero-order valence-corrected chi connectivity index (χ0v) is 11.0. The molecule has 0 aliphatic carbocycles. The molecule has 0 bridgehead atoms. The van der Waals surface area contributed by atoms with Gasteiger partial charge in [0.2, 0.25) is 0 Å². The predicted molar refractivity (Wildman–Crippen MR) is 71.7 cm³/mol. The van der Waals surface area contributed by atoms with Crippen molar-refractivity contribution in [1.82, 2.24) is 4.98 Å². The van der Waals surface area contributed by atoms with E-state index in [1.54, 1.807) is 11.9 Å². The van der Waals surface area contributed by atoms with Crippen molar-refractivity contribution in [1.29, 1.82) is 0 Å². The number of likely N-dealkylation sites (N-methyl/N-ethyl adjacent to an activating group) is 1. The van der Waals surface area contributed by atoms with Crippen molar-refractivity contribution < 1.29 is 14.6 Å². The monoisotopic (exact) mass is 266 g/mol. The maximum absolute atomic E-state index is 10.7. The summed E-state index contributed by atoms with van der Waals surface area (Å²) < 4.78 is 6.41. The van der Waals surface area contributed by atoms with E-state index in [1.165, 1.54) is 11.3 Å². The molecule has 0 saturated heterocycles. The van der Waals surface area contributed by atoms with E-state index in [9.17, 15) is 4.79 Å². The molecular weight excluding hydrogens is 252 g/mol. The van der Waals surface area contributed by atoms with E-state index in [0.29, 0.717) is 11.7 Å². The lowest BCUT2D eigenvalue weighted by molar-refractivity contribution is -0.135. The minimum absolute atomic E-state index is 0.0574. The van der Waals surface area contributed by atoms with Gasteiger partial charge in [0.25, 0.3) is 0 Å². The largest absolute Gasteiger partial charge is 0.494 e. The Morgan fingerprint density at radius 3 is 3.00 bits per heavy atom. The average molecular weight is 266 g/mol. The maximum Gasteiger partial charge on any atom is 0.323 e. The highest BCUT2D eigenvalue weighted by Gasteiger charge is 2.11. The molecule has 0 saturated carbocycles. The Morgan fingerprint density at radius 1 is 1.56 bits per heavy atom. The molecule has 0 spiro atoms. The quantitative estimate of drug-likeness (QED) is 0.899. The first-order chi connectivity index (χ1) is 8.60. The van der Waals surface area contributed by atoms with Crippen LogP contribution in [0, 0.1) is 0 Å². The number of thiazole rings is 1. The molecule has 0 aliphatic heterocycles. The zero-order valence-electron chi connectivity index (χ0n) is 10.2. The summed E-state index contributed by atoms with van der Waals surface area (Å²) in [4.78, 5) is 16.7. The van der Waals surface area contributed by atoms with Gasteiger partial charge in [-0.3, -0.25) is 4.79 Å². The smallest absolute Gasteiger partial charge is 0.323 e. The molecule has 96 valence electrons. The highest BCUT2D eigenvalue weighted by atomic mass is 32.1. The molecule has 1 N–H and O–H groups in total. The van der Waals surface area contributed by atoms with E-state index >= 15 is 0 Å². The third-order valence-electron chi connectivity index (χ3n) is 2.36. The fraction of sp³-hybridized carbons (Fsp3) is 0.333. The van der Waals surface area contributed by atoms with Crippen LogP contribution in [0.1, 0.15) is 6.92 Å². The first-order valence-electron chi connectivity index (χ1n) is 5.56. The summed E-state index contributed by atoms with van der Waals surface area (Å²) in [6.45, 7) is 2.50. The predicted octanol–water partition coefficient (Wildman–Crippen LogP) is 2.22. The summed E-state index contributed by atoms with van der Waals surface area (Å²) in [5, 5.41) is 9.44. The first-order valence-corrected chi connectivity index (χ1v) is 6.38. The highest BCUT2D eigenvalue weighted by Crippen LogP contribution is 2.30. The van der Waals surface area contributed by atoms with Gasteiger partial charge in [-0.15, -0.1) is 0 Å². The lowest BCUT2D eigenvalue weighted by atomic mass is 10.3. The van der Waals surface area contributed by atoms with Crippen LogP contribution in [0.5, 0.6) is 5.75 Å². The second kappa shape index (κ2) is 5.22. The number of nitrogens with zero attached hydrogens (tertiary/aromatic N) is 2. The van der Waals surface area contributed by atoms with Gasteiger partial charge in [0.05, 0.1) is 16.8 Å². The molecule has 2 rings (SSSR count). The number of carbonyl (C=O) groups is 1. The second-order valence-corrected chi connectivity index (χ2v) is 4.82. The summed E-state index contributed by atoms with van der Waals surface area (Å²) in [6.07, 6.45) is 0. The Labute approximate surface area is 109 Å². The van der Waals surface area contributed by atoms with E-state index in [-0.39, 0.29) is 6.54 Å². The normalized spacial score (nSPS) is 10.6. The average Bonchev–Trinajstić information content (AvgIpc) is 2.71. The van der Waals surface area contributed by atoms with Gasteiger partial charge in [-0.25, -0.2) is 4.98 Å². The number of aliphatic carboxylic acids is 1. The van der Waals surface area contributed by atoms with E-state index in [0.717, 1.165) is 16.0 Å². The van der Waals surface area contributed by atoms with Crippen LogP contribution in [-0.2, 0) is 4.79 Å². The van der Waals surface area contributed by atoms with Crippen LogP contribution in [0.25, 0.3) is 10.2 Å². The third-order valence-corrected chi connectivity index (χ3v) is 3.49. The fourth-order valence-electron chi connectivity index (χ4n) is 1.58. The number of carboxylic acid groups (broad SMARTS) is 1. The summed E-state index contributed by atoms with van der Waals surface area (Å²) in [6, 6.07) is 5.68. The van der Waals surface area contributed by atoms with Gasteiger partial charge >= 0.3 is 5.97 Å². The molecule has 0 amide bonds. The number of ether oxygens (including phenoxy) is 1. The number of hydrogen-bond acceptors (Lipinski definition) is 5. The van der Waals surface area contributed by atoms with Gasteiger partial charge in [-0.1, -0.05) is 11.3 Å². The molecule has 1 aromatic heterocycles. The lowest BCUT2D eigenvalue weighted by Gasteiger charge is -2.11. The van der Waals surface area contributed by atoms with Gasteiger partial charge in [-0.2, -0.15) is 0 Å². The number of benzene rings is 1. The highest BCUT2D eigenvalue weighted by molar-refractivity contribution is 7.22. The Hall–Kier alpha value is -1.82. The van der Waals surface area contributed by atoms with Gasteiger partial charge in [0, 0.05) is 7.05 Å². The van der Waals surface area contributed by atoms with Crippen molar-refractivity contribution in [3.63, 3.8) is 0 Å². The molecule has 1 aromatic carbocycles. The summed E-state index contributed by atoms with van der Waals surface area (Å²) in [7, 11) is 1.72. The van der Waals surface area contributed by atoms with Crippen molar-refractivity contribution >= 4 is 32.7 Å². The molecule has 5 nitrogen and oxygen atoms in total. The third kappa shape index (κ3) is 2.70. The molecule has 18 heavy (non-hydrogen) atoms. The molecule has 0 radical (unpaired) electrons. The lowest BCUT2D eigenvalue weighted by Crippen LogP contribution is -2.24. The molecule has 0 unspecified atom stereocenters. The standard InChI is InChI=1S/C12H14N2O3S/c1-3-17-8-4-5-9-10(6-8)18-12(13-9)14(2)7-11(15)16/h4-6H,3,7H2,1-2H3,(H,15,16). The number of aromatic nitrogens is 1. The molecule has 0 atom stereocenters. The topological polar surface area (TPSA) is 62.7 Å². The van der Waals surface area contributed by atoms with Gasteiger partial charge < -0.3 is 14.7 Å². The Kier molecular flexibility index (Phi) is 3.66. The Morgan fingerprint density at radius 2 is 2.33 bits per heavy atom. The summed E-state index contributed by atoms with van der Waals surface area (Å²) >= 11 is 1.46. The van der Waals surface area contributed by atoms with Crippen LogP contribution in [-0.4, -0.2) is 36.3 Å². The van der Waals surface area contributed by atoms with E-state index in [4.69, 9.17) is 9.84 Å². The van der Waals surface area contributed by atoms with E-state index in [2.05, 4.69) is 4.98 Å². The number of fused-ring (bicyclic) bond motifs is 1. The van der Waals surface area contributed by atoms with Crippen LogP contribution >= 0.6 is 11.3 Å². The fourth-order valence-corrected chi connectivity index (χ4v) is 2.54. The van der Waals surface area contributed by atoms with Crippen molar-refractivity contribution in [3.8, 4) is 5.75 Å². The number of anilines is 1. The second-order valence-electron chi connectivity index (χ2n) is 3.81. The first kappa shape index (κ1) is 12.6. The van der Waals surface area contributed by atoms with Crippen molar-refractivity contribution in [3.05, 3.63) is 18.2 Å². The van der Waals surface area contributed by atoms with Crippen LogP contribution in [0.4, 0.5) is 5.13 Å². The van der Waals surface area contributed by atoms with E-state index in [1.807, 2.05) is 25.1 Å². The van der Waals surface area contributed by atoms with Crippen LogP contribution in [0.2, 0.25) is 0 Å². The molecule has 0 fully saturated rings. The van der Waals surface area contributed by atoms with Crippen molar-refractivity contribution in [2.75, 3.05) is 25.1 Å².